The third kappa shape index (κ3) is 8.23. The minimum absolute atomic E-state index is 0.0220. The molecule has 0 aromatic heterocycles. The normalized spacial score (nSPS) is 13.5. The molecule has 9 nitrogen and oxygen atoms in total. The number of nitrogens with zero attached hydrogens (tertiary/aromatic N) is 2. The van der Waals surface area contributed by atoms with E-state index in [0.717, 1.165) is 24.4 Å². The highest BCUT2D eigenvalue weighted by Crippen LogP contribution is 2.17. The third-order valence-corrected chi connectivity index (χ3v) is 4.62. The average molecular weight is 448 g/mol. The molecule has 3 rings (SSSR count). The van der Waals surface area contributed by atoms with E-state index in [9.17, 15) is 9.18 Å². The van der Waals surface area contributed by atoms with Crippen LogP contribution in [-0.2, 0) is 20.9 Å². The van der Waals surface area contributed by atoms with Crippen LogP contribution in [0.5, 0.6) is 11.5 Å². The van der Waals surface area contributed by atoms with E-state index in [1.807, 2.05) is 11.0 Å². The number of carbonyl (C=O) groups excluding carboxylic acids is 1. The Hall–Kier alpha value is -3.66. The SMILES string of the molecule is COc1ccc(OCC(=O)N2CCN(Cc3cccc(F)c3)CC2)cc1.O=C(O)C(=O)O. The van der Waals surface area contributed by atoms with E-state index in [1.54, 1.807) is 43.5 Å². The molecule has 10 heteroatoms. The van der Waals surface area contributed by atoms with Crippen LogP contribution in [-0.4, -0.2) is 77.8 Å². The lowest BCUT2D eigenvalue weighted by molar-refractivity contribution is -0.159. The van der Waals surface area contributed by atoms with Gasteiger partial charge in [0, 0.05) is 32.7 Å². The minimum atomic E-state index is -1.82. The second kappa shape index (κ2) is 12.3. The van der Waals surface area contributed by atoms with E-state index in [1.165, 1.54) is 6.07 Å². The number of piperazine rings is 1. The lowest BCUT2D eigenvalue weighted by Crippen LogP contribution is -2.49. The summed E-state index contributed by atoms with van der Waals surface area (Å²) in [4.78, 5) is 34.5. The number of carboxylic acid groups (broad SMARTS) is 2. The number of hydrogen-bond donors (Lipinski definition) is 2. The van der Waals surface area contributed by atoms with Gasteiger partial charge in [-0.1, -0.05) is 12.1 Å². The Morgan fingerprint density at radius 1 is 0.938 bits per heavy atom. The van der Waals surface area contributed by atoms with Gasteiger partial charge in [-0.05, 0) is 42.0 Å². The Kier molecular flexibility index (Phi) is 9.43. The van der Waals surface area contributed by atoms with Crippen LogP contribution in [0.2, 0.25) is 0 Å². The topological polar surface area (TPSA) is 117 Å². The first-order chi connectivity index (χ1) is 15.3. The number of carbonyl (C=O) groups is 3. The molecule has 0 spiro atoms. The fraction of sp³-hybridized carbons (Fsp3) is 0.318. The summed E-state index contributed by atoms with van der Waals surface area (Å²) in [5.41, 5.74) is 0.951. The molecule has 1 saturated heterocycles. The number of amides is 1. The van der Waals surface area contributed by atoms with Crippen LogP contribution in [0, 0.1) is 5.82 Å². The Morgan fingerprint density at radius 3 is 2.06 bits per heavy atom. The average Bonchev–Trinajstić information content (AvgIpc) is 2.78. The first-order valence-electron chi connectivity index (χ1n) is 9.76. The second-order valence-electron chi connectivity index (χ2n) is 6.86. The van der Waals surface area contributed by atoms with Crippen molar-refractivity contribution >= 4 is 17.8 Å². The third-order valence-electron chi connectivity index (χ3n) is 4.62. The summed E-state index contributed by atoms with van der Waals surface area (Å²) in [7, 11) is 1.60. The summed E-state index contributed by atoms with van der Waals surface area (Å²) in [6, 6.07) is 13.8. The van der Waals surface area contributed by atoms with Crippen LogP contribution < -0.4 is 9.47 Å². The van der Waals surface area contributed by atoms with Crippen molar-refractivity contribution in [1.82, 2.24) is 9.80 Å². The van der Waals surface area contributed by atoms with Gasteiger partial charge in [0.25, 0.3) is 5.91 Å². The number of halogens is 1. The van der Waals surface area contributed by atoms with Crippen LogP contribution in [0.4, 0.5) is 4.39 Å². The molecular formula is C22H25FN2O7. The predicted molar refractivity (Wildman–Crippen MR) is 112 cm³/mol. The molecule has 0 atom stereocenters. The van der Waals surface area contributed by atoms with Crippen molar-refractivity contribution in [2.24, 2.45) is 0 Å². The van der Waals surface area contributed by atoms with Crippen LogP contribution in [0.25, 0.3) is 0 Å². The highest BCUT2D eigenvalue weighted by Gasteiger charge is 2.21. The van der Waals surface area contributed by atoms with Crippen molar-refractivity contribution in [1.29, 1.82) is 0 Å². The van der Waals surface area contributed by atoms with Gasteiger partial charge in [-0.3, -0.25) is 9.69 Å². The zero-order valence-corrected chi connectivity index (χ0v) is 17.6. The molecule has 0 aliphatic carbocycles. The van der Waals surface area contributed by atoms with Gasteiger partial charge in [-0.25, -0.2) is 14.0 Å². The highest BCUT2D eigenvalue weighted by atomic mass is 19.1. The van der Waals surface area contributed by atoms with Crippen molar-refractivity contribution in [3.05, 3.63) is 59.9 Å². The number of carboxylic acids is 2. The molecule has 0 unspecified atom stereocenters. The molecule has 1 aliphatic rings. The molecule has 0 saturated carbocycles. The van der Waals surface area contributed by atoms with Crippen molar-refractivity contribution in [2.75, 3.05) is 39.9 Å². The van der Waals surface area contributed by atoms with Gasteiger partial charge in [-0.2, -0.15) is 0 Å². The van der Waals surface area contributed by atoms with E-state index in [2.05, 4.69) is 4.90 Å². The van der Waals surface area contributed by atoms with Gasteiger partial charge in [0.2, 0.25) is 0 Å². The summed E-state index contributed by atoms with van der Waals surface area (Å²) >= 11 is 0. The molecule has 0 bridgehead atoms. The Labute approximate surface area is 184 Å². The van der Waals surface area contributed by atoms with Crippen molar-refractivity contribution in [3.63, 3.8) is 0 Å². The smallest absolute Gasteiger partial charge is 0.414 e. The van der Waals surface area contributed by atoms with Crippen molar-refractivity contribution in [2.45, 2.75) is 6.54 Å². The Morgan fingerprint density at radius 2 is 1.53 bits per heavy atom. The fourth-order valence-corrected chi connectivity index (χ4v) is 2.96. The standard InChI is InChI=1S/C20H23FN2O3.C2H2O4/c1-25-18-5-7-19(8-6-18)26-15-20(24)23-11-9-22(10-12-23)14-16-3-2-4-17(21)13-16;3-1(4)2(5)6/h2-8,13H,9-12,14-15H2,1H3;(H,3,4)(H,5,6). The van der Waals surface area contributed by atoms with Gasteiger partial charge in [-0.15, -0.1) is 0 Å². The first-order valence-corrected chi connectivity index (χ1v) is 9.76. The predicted octanol–water partition coefficient (Wildman–Crippen LogP) is 1.71. The van der Waals surface area contributed by atoms with Crippen molar-refractivity contribution < 1.29 is 38.5 Å². The number of ether oxygens (including phenoxy) is 2. The molecule has 1 amide bonds. The maximum Gasteiger partial charge on any atom is 0.414 e. The van der Waals surface area contributed by atoms with E-state index < -0.39 is 11.9 Å². The zero-order valence-electron chi connectivity index (χ0n) is 17.6. The summed E-state index contributed by atoms with van der Waals surface area (Å²) < 4.78 is 23.9. The Bertz CT molecular complexity index is 901. The van der Waals surface area contributed by atoms with E-state index >= 15 is 0 Å². The fourth-order valence-electron chi connectivity index (χ4n) is 2.96. The zero-order chi connectivity index (χ0) is 23.5. The van der Waals surface area contributed by atoms with Crippen LogP contribution >= 0.6 is 0 Å². The molecule has 0 radical (unpaired) electrons. The lowest BCUT2D eigenvalue weighted by Gasteiger charge is -2.34. The minimum Gasteiger partial charge on any atom is -0.497 e. The van der Waals surface area contributed by atoms with Crippen molar-refractivity contribution in [3.8, 4) is 11.5 Å². The van der Waals surface area contributed by atoms with Gasteiger partial charge in [0.05, 0.1) is 7.11 Å². The molecule has 1 fully saturated rings. The van der Waals surface area contributed by atoms with Crippen LogP contribution in [0.3, 0.4) is 0 Å². The summed E-state index contributed by atoms with van der Waals surface area (Å²) in [6.45, 7) is 3.56. The molecule has 1 heterocycles. The number of benzene rings is 2. The Balaban J connectivity index is 0.000000534. The van der Waals surface area contributed by atoms with Gasteiger partial charge in [0.1, 0.15) is 17.3 Å². The summed E-state index contributed by atoms with van der Waals surface area (Å²) in [6.07, 6.45) is 0. The molecule has 2 aromatic carbocycles. The quantitative estimate of drug-likeness (QED) is 0.642. The molecular weight excluding hydrogens is 423 g/mol. The maximum atomic E-state index is 13.3. The second-order valence-corrected chi connectivity index (χ2v) is 6.86. The van der Waals surface area contributed by atoms with E-state index in [-0.39, 0.29) is 18.3 Å². The largest absolute Gasteiger partial charge is 0.497 e. The molecule has 32 heavy (non-hydrogen) atoms. The number of methoxy groups -OCH3 is 1. The molecule has 172 valence electrons. The number of rotatable bonds is 6. The van der Waals surface area contributed by atoms with Crippen LogP contribution in [0.15, 0.2) is 48.5 Å². The molecule has 2 aromatic rings. The summed E-state index contributed by atoms with van der Waals surface area (Å²) in [5.74, 6) is -2.50. The first kappa shape index (κ1) is 24.6. The highest BCUT2D eigenvalue weighted by molar-refractivity contribution is 6.27. The molecule has 1 aliphatic heterocycles. The van der Waals surface area contributed by atoms with Crippen LogP contribution in [0.1, 0.15) is 5.56 Å². The molecule has 2 N–H and O–H groups in total. The monoisotopic (exact) mass is 448 g/mol. The van der Waals surface area contributed by atoms with Gasteiger partial charge in [0.15, 0.2) is 6.61 Å². The summed E-state index contributed by atoms with van der Waals surface area (Å²) in [5, 5.41) is 14.8. The van der Waals surface area contributed by atoms with E-state index in [4.69, 9.17) is 29.3 Å². The number of hydrogen-bond acceptors (Lipinski definition) is 6. The van der Waals surface area contributed by atoms with Gasteiger partial charge >= 0.3 is 11.9 Å². The number of aliphatic carboxylic acids is 2. The van der Waals surface area contributed by atoms with E-state index in [0.29, 0.717) is 25.4 Å². The van der Waals surface area contributed by atoms with Gasteiger partial charge < -0.3 is 24.6 Å². The lowest BCUT2D eigenvalue weighted by atomic mass is 10.2. The maximum absolute atomic E-state index is 13.3.